The number of hydrogen-bond donors (Lipinski definition) is 0. The monoisotopic (exact) mass is 201 g/mol. The van der Waals surface area contributed by atoms with Crippen LogP contribution in [0.3, 0.4) is 0 Å². The van der Waals surface area contributed by atoms with Gasteiger partial charge in [-0.25, -0.2) is 0 Å². The molecule has 1 aromatic carbocycles. The van der Waals surface area contributed by atoms with E-state index in [0.717, 1.165) is 6.04 Å². The van der Waals surface area contributed by atoms with Crippen LogP contribution >= 0.6 is 0 Å². The molecule has 0 spiro atoms. The molecule has 2 aliphatic rings. The molecule has 0 unspecified atom stereocenters. The third kappa shape index (κ3) is 1.69. The highest BCUT2D eigenvalue weighted by molar-refractivity contribution is 5.37. The molecule has 0 atom stereocenters. The van der Waals surface area contributed by atoms with Crippen molar-refractivity contribution in [3.63, 3.8) is 0 Å². The highest BCUT2D eigenvalue weighted by Gasteiger charge is 2.31. The van der Waals surface area contributed by atoms with Gasteiger partial charge in [0.15, 0.2) is 0 Å². The van der Waals surface area contributed by atoms with Crippen molar-refractivity contribution in [1.29, 1.82) is 0 Å². The van der Waals surface area contributed by atoms with E-state index in [0.29, 0.717) is 0 Å². The van der Waals surface area contributed by atoms with Gasteiger partial charge in [-0.1, -0.05) is 25.1 Å². The van der Waals surface area contributed by atoms with Gasteiger partial charge in [0.05, 0.1) is 0 Å². The largest absolute Gasteiger partial charge is 0.296 e. The van der Waals surface area contributed by atoms with Gasteiger partial charge >= 0.3 is 0 Å². The van der Waals surface area contributed by atoms with Crippen LogP contribution in [0.25, 0.3) is 0 Å². The summed E-state index contributed by atoms with van der Waals surface area (Å²) in [6.45, 7) is 4.76. The Morgan fingerprint density at radius 3 is 2.93 bits per heavy atom. The summed E-state index contributed by atoms with van der Waals surface area (Å²) in [6.07, 6.45) is 5.31. The van der Waals surface area contributed by atoms with Gasteiger partial charge in [-0.15, -0.1) is 0 Å². The third-order valence-corrected chi connectivity index (χ3v) is 3.84. The topological polar surface area (TPSA) is 3.24 Å². The Bertz CT molecular complexity index is 351. The molecule has 1 aliphatic carbocycles. The molecule has 0 amide bonds. The first kappa shape index (κ1) is 9.41. The van der Waals surface area contributed by atoms with E-state index >= 15 is 0 Å². The van der Waals surface area contributed by atoms with E-state index in [4.69, 9.17) is 0 Å². The van der Waals surface area contributed by atoms with Crippen LogP contribution in [-0.2, 0) is 19.4 Å². The molecule has 1 aliphatic heterocycles. The van der Waals surface area contributed by atoms with E-state index in [-0.39, 0.29) is 0 Å². The minimum atomic E-state index is 0.920. The fourth-order valence-electron chi connectivity index (χ4n) is 2.75. The number of benzene rings is 1. The highest BCUT2D eigenvalue weighted by Crippen LogP contribution is 2.32. The van der Waals surface area contributed by atoms with Crippen LogP contribution in [0.5, 0.6) is 0 Å². The molecule has 1 heteroatoms. The maximum Gasteiger partial charge on any atom is 0.0242 e. The predicted molar refractivity (Wildman–Crippen MR) is 63.0 cm³/mol. The number of hydrogen-bond acceptors (Lipinski definition) is 1. The van der Waals surface area contributed by atoms with Gasteiger partial charge in [0.25, 0.3) is 0 Å². The summed E-state index contributed by atoms with van der Waals surface area (Å²) in [5, 5.41) is 0. The van der Waals surface area contributed by atoms with Gasteiger partial charge in [-0.05, 0) is 42.4 Å². The molecule has 1 saturated carbocycles. The Hall–Kier alpha value is -0.820. The van der Waals surface area contributed by atoms with E-state index in [1.165, 1.54) is 38.8 Å². The third-order valence-electron chi connectivity index (χ3n) is 3.84. The van der Waals surface area contributed by atoms with Crippen molar-refractivity contribution in [3.05, 3.63) is 34.9 Å². The van der Waals surface area contributed by atoms with Crippen molar-refractivity contribution in [2.45, 2.75) is 45.2 Å². The van der Waals surface area contributed by atoms with Gasteiger partial charge in [-0.3, -0.25) is 4.90 Å². The molecule has 0 N–H and O–H groups in total. The van der Waals surface area contributed by atoms with Crippen molar-refractivity contribution >= 4 is 0 Å². The first-order chi connectivity index (χ1) is 7.38. The second-order valence-corrected chi connectivity index (χ2v) is 4.86. The maximum absolute atomic E-state index is 2.68. The lowest BCUT2D eigenvalue weighted by Crippen LogP contribution is -2.32. The van der Waals surface area contributed by atoms with E-state index < -0.39 is 0 Å². The van der Waals surface area contributed by atoms with Crippen LogP contribution in [0, 0.1) is 0 Å². The lowest BCUT2D eigenvalue weighted by atomic mass is 9.93. The summed E-state index contributed by atoms with van der Waals surface area (Å²) in [4.78, 5) is 2.68. The van der Waals surface area contributed by atoms with Gasteiger partial charge < -0.3 is 0 Å². The molecule has 15 heavy (non-hydrogen) atoms. The van der Waals surface area contributed by atoms with Gasteiger partial charge in [0.2, 0.25) is 0 Å². The van der Waals surface area contributed by atoms with E-state index in [2.05, 4.69) is 30.0 Å². The van der Waals surface area contributed by atoms with Crippen LogP contribution in [0.15, 0.2) is 18.2 Å². The minimum Gasteiger partial charge on any atom is -0.296 e. The minimum absolute atomic E-state index is 0.920. The molecule has 0 aromatic heterocycles. The lowest BCUT2D eigenvalue weighted by molar-refractivity contribution is 0.243. The second kappa shape index (κ2) is 3.64. The normalized spacial score (nSPS) is 21.4. The zero-order valence-electron chi connectivity index (χ0n) is 9.50. The molecular formula is C14H19N. The molecule has 1 fully saturated rings. The smallest absolute Gasteiger partial charge is 0.0242 e. The molecule has 1 nitrogen and oxygen atoms in total. The average molecular weight is 201 g/mol. The zero-order chi connectivity index (χ0) is 10.3. The standard InChI is InChI=1S/C14H19N/c1-2-11-4-3-5-12-8-9-15(10-14(11)12)13-6-7-13/h3-5,13H,2,6-10H2,1H3. The molecule has 0 bridgehead atoms. The molecule has 1 aromatic rings. The Balaban J connectivity index is 1.91. The van der Waals surface area contributed by atoms with Crippen molar-refractivity contribution in [2.24, 2.45) is 0 Å². The second-order valence-electron chi connectivity index (χ2n) is 4.86. The molecule has 80 valence electrons. The average Bonchev–Trinajstić information content (AvgIpc) is 3.11. The van der Waals surface area contributed by atoms with Gasteiger partial charge in [0.1, 0.15) is 0 Å². The molecule has 0 saturated heterocycles. The van der Waals surface area contributed by atoms with Crippen LogP contribution in [0.2, 0.25) is 0 Å². The summed E-state index contributed by atoms with van der Waals surface area (Å²) in [6, 6.07) is 7.77. The Labute approximate surface area is 92.1 Å². The summed E-state index contributed by atoms with van der Waals surface area (Å²) >= 11 is 0. The molecule has 1 heterocycles. The van der Waals surface area contributed by atoms with Crippen LogP contribution in [0.4, 0.5) is 0 Å². The number of fused-ring (bicyclic) bond motifs is 1. The SMILES string of the molecule is CCc1cccc2c1CN(C1CC1)CC2. The molecule has 0 radical (unpaired) electrons. The fraction of sp³-hybridized carbons (Fsp3) is 0.571. The van der Waals surface area contributed by atoms with Crippen LogP contribution in [0.1, 0.15) is 36.5 Å². The molecule has 3 rings (SSSR count). The number of nitrogens with zero attached hydrogens (tertiary/aromatic N) is 1. The van der Waals surface area contributed by atoms with Crippen molar-refractivity contribution < 1.29 is 0 Å². The van der Waals surface area contributed by atoms with Crippen molar-refractivity contribution in [1.82, 2.24) is 4.90 Å². The Morgan fingerprint density at radius 2 is 2.20 bits per heavy atom. The quantitative estimate of drug-likeness (QED) is 0.711. The summed E-state index contributed by atoms with van der Waals surface area (Å²) < 4.78 is 0. The van der Waals surface area contributed by atoms with Crippen molar-refractivity contribution in [2.75, 3.05) is 6.54 Å². The number of rotatable bonds is 2. The highest BCUT2D eigenvalue weighted by atomic mass is 15.2. The maximum atomic E-state index is 2.68. The predicted octanol–water partition coefficient (Wildman–Crippen LogP) is 2.77. The first-order valence-corrected chi connectivity index (χ1v) is 6.22. The van der Waals surface area contributed by atoms with Crippen molar-refractivity contribution in [3.8, 4) is 0 Å². The van der Waals surface area contributed by atoms with Crippen LogP contribution < -0.4 is 0 Å². The van der Waals surface area contributed by atoms with E-state index in [1.807, 2.05) is 0 Å². The first-order valence-electron chi connectivity index (χ1n) is 6.22. The summed E-state index contributed by atoms with van der Waals surface area (Å²) in [7, 11) is 0. The van der Waals surface area contributed by atoms with Gasteiger partial charge in [0, 0.05) is 19.1 Å². The fourth-order valence-corrected chi connectivity index (χ4v) is 2.75. The Morgan fingerprint density at radius 1 is 1.33 bits per heavy atom. The zero-order valence-corrected chi connectivity index (χ0v) is 9.50. The lowest BCUT2D eigenvalue weighted by Gasteiger charge is -2.30. The van der Waals surface area contributed by atoms with Crippen LogP contribution in [-0.4, -0.2) is 17.5 Å². The Kier molecular flexibility index (Phi) is 2.28. The number of aryl methyl sites for hydroxylation is 1. The summed E-state index contributed by atoms with van der Waals surface area (Å²) in [5.74, 6) is 0. The summed E-state index contributed by atoms with van der Waals surface area (Å²) in [5.41, 5.74) is 4.81. The molecular weight excluding hydrogens is 182 g/mol. The van der Waals surface area contributed by atoms with E-state index in [9.17, 15) is 0 Å². The van der Waals surface area contributed by atoms with E-state index in [1.54, 1.807) is 16.7 Å². The van der Waals surface area contributed by atoms with Gasteiger partial charge in [-0.2, -0.15) is 0 Å².